The van der Waals surface area contributed by atoms with Crippen molar-refractivity contribution in [2.75, 3.05) is 25.7 Å². The summed E-state index contributed by atoms with van der Waals surface area (Å²) < 4.78 is 30.0. The number of nitrogens with zero attached hydrogens (tertiary/aromatic N) is 1. The molecule has 2 aromatic rings. The van der Waals surface area contributed by atoms with Gasteiger partial charge in [-0.25, -0.2) is 8.42 Å². The maximum absolute atomic E-state index is 12.7. The smallest absolute Gasteiger partial charge is 0.247 e. The molecule has 0 aliphatic carbocycles. The molecule has 0 spiro atoms. The van der Waals surface area contributed by atoms with Crippen LogP contribution in [0.1, 0.15) is 11.6 Å². The Balaban J connectivity index is 2.30. The number of hydrogen-bond donors (Lipinski definition) is 1. The summed E-state index contributed by atoms with van der Waals surface area (Å²) in [5.41, 5.74) is 1.15. The molecule has 1 amide bonds. The number of rotatable bonds is 6. The van der Waals surface area contributed by atoms with Gasteiger partial charge in [-0.2, -0.15) is 4.31 Å². The van der Waals surface area contributed by atoms with Crippen molar-refractivity contribution in [1.29, 1.82) is 0 Å². The van der Waals surface area contributed by atoms with Crippen LogP contribution in [0.5, 0.6) is 5.75 Å². The molecule has 0 saturated carbocycles. The molecule has 128 valence electrons. The van der Waals surface area contributed by atoms with E-state index in [-0.39, 0.29) is 0 Å². The standard InChI is InChI=1S/C17H20N2O4S/c1-19(24(3,21)22)16(13-7-5-4-6-8-13)17(20)18-14-9-11-15(23-2)12-10-14/h4-12,16H,1-3H3,(H,18,20)/t16-/m0/s1. The lowest BCUT2D eigenvalue weighted by atomic mass is 10.1. The first kappa shape index (κ1) is 18.0. The van der Waals surface area contributed by atoms with E-state index in [1.165, 1.54) is 7.05 Å². The van der Waals surface area contributed by atoms with Gasteiger partial charge in [0.2, 0.25) is 15.9 Å². The molecule has 24 heavy (non-hydrogen) atoms. The second-order valence-electron chi connectivity index (χ2n) is 5.31. The molecule has 0 radical (unpaired) electrons. The van der Waals surface area contributed by atoms with Crippen LogP contribution in [0.2, 0.25) is 0 Å². The minimum atomic E-state index is -3.55. The van der Waals surface area contributed by atoms with Crippen molar-refractivity contribution in [1.82, 2.24) is 4.31 Å². The van der Waals surface area contributed by atoms with Crippen LogP contribution in [0, 0.1) is 0 Å². The van der Waals surface area contributed by atoms with Crippen LogP contribution < -0.4 is 10.1 Å². The Morgan fingerprint density at radius 2 is 1.67 bits per heavy atom. The number of anilines is 1. The average molecular weight is 348 g/mol. The topological polar surface area (TPSA) is 75.7 Å². The fourth-order valence-electron chi connectivity index (χ4n) is 2.24. The normalized spacial score (nSPS) is 12.7. The Morgan fingerprint density at radius 1 is 1.08 bits per heavy atom. The van der Waals surface area contributed by atoms with Crippen LogP contribution in [0.4, 0.5) is 5.69 Å². The second-order valence-corrected chi connectivity index (χ2v) is 7.35. The second kappa shape index (κ2) is 7.46. The maximum atomic E-state index is 12.7. The van der Waals surface area contributed by atoms with E-state index in [0.717, 1.165) is 10.6 Å². The van der Waals surface area contributed by atoms with Gasteiger partial charge in [0.25, 0.3) is 0 Å². The van der Waals surface area contributed by atoms with Crippen molar-refractivity contribution in [2.45, 2.75) is 6.04 Å². The summed E-state index contributed by atoms with van der Waals surface area (Å²) in [6, 6.07) is 14.6. The Kier molecular flexibility index (Phi) is 5.58. The lowest BCUT2D eigenvalue weighted by molar-refractivity contribution is -0.119. The van der Waals surface area contributed by atoms with Crippen molar-refractivity contribution in [3.63, 3.8) is 0 Å². The molecule has 1 atom stereocenters. The highest BCUT2D eigenvalue weighted by Crippen LogP contribution is 2.24. The Hall–Kier alpha value is -2.38. The number of sulfonamides is 1. The molecule has 0 aliphatic rings. The highest BCUT2D eigenvalue weighted by molar-refractivity contribution is 7.88. The van der Waals surface area contributed by atoms with Gasteiger partial charge in [-0.15, -0.1) is 0 Å². The zero-order valence-corrected chi connectivity index (χ0v) is 14.6. The van der Waals surface area contributed by atoms with Crippen molar-refractivity contribution in [3.8, 4) is 5.75 Å². The van der Waals surface area contributed by atoms with Crippen LogP contribution in [0.3, 0.4) is 0 Å². The van der Waals surface area contributed by atoms with Gasteiger partial charge < -0.3 is 10.1 Å². The molecule has 0 heterocycles. The van der Waals surface area contributed by atoms with Crippen LogP contribution in [0.15, 0.2) is 54.6 Å². The Labute approximate surface area is 142 Å². The minimum absolute atomic E-state index is 0.431. The van der Waals surface area contributed by atoms with Crippen LogP contribution >= 0.6 is 0 Å². The van der Waals surface area contributed by atoms with Gasteiger partial charge in [0.1, 0.15) is 11.8 Å². The Bertz CT molecular complexity index is 789. The van der Waals surface area contributed by atoms with Crippen molar-refractivity contribution in [3.05, 3.63) is 60.2 Å². The van der Waals surface area contributed by atoms with E-state index >= 15 is 0 Å². The molecular weight excluding hydrogens is 328 g/mol. The molecule has 2 rings (SSSR count). The molecule has 0 unspecified atom stereocenters. The SMILES string of the molecule is COc1ccc(NC(=O)[C@H](c2ccccc2)N(C)S(C)(=O)=O)cc1. The third-order valence-electron chi connectivity index (χ3n) is 3.61. The van der Waals surface area contributed by atoms with Gasteiger partial charge >= 0.3 is 0 Å². The number of nitrogens with one attached hydrogen (secondary N) is 1. The summed E-state index contributed by atoms with van der Waals surface area (Å²) in [7, 11) is -0.601. The predicted molar refractivity (Wildman–Crippen MR) is 93.4 cm³/mol. The number of hydrogen-bond acceptors (Lipinski definition) is 4. The lowest BCUT2D eigenvalue weighted by Gasteiger charge is -2.25. The van der Waals surface area contributed by atoms with Gasteiger partial charge in [-0.05, 0) is 29.8 Å². The highest BCUT2D eigenvalue weighted by atomic mass is 32.2. The predicted octanol–water partition coefficient (Wildman–Crippen LogP) is 2.27. The number of benzene rings is 2. The molecule has 0 bridgehead atoms. The molecule has 0 fully saturated rings. The van der Waals surface area contributed by atoms with E-state index < -0.39 is 22.0 Å². The van der Waals surface area contributed by atoms with E-state index in [2.05, 4.69) is 5.32 Å². The van der Waals surface area contributed by atoms with Gasteiger partial charge in [0, 0.05) is 12.7 Å². The van der Waals surface area contributed by atoms with Gasteiger partial charge in [0.15, 0.2) is 0 Å². The quantitative estimate of drug-likeness (QED) is 0.869. The maximum Gasteiger partial charge on any atom is 0.247 e. The number of likely N-dealkylation sites (N-methyl/N-ethyl adjacent to an activating group) is 1. The first-order valence-electron chi connectivity index (χ1n) is 7.26. The number of carbonyl (C=O) groups is 1. The summed E-state index contributed by atoms with van der Waals surface area (Å²) >= 11 is 0. The first-order chi connectivity index (χ1) is 11.3. The molecule has 0 saturated heterocycles. The van der Waals surface area contributed by atoms with Crippen molar-refractivity contribution in [2.24, 2.45) is 0 Å². The molecule has 1 N–H and O–H groups in total. The van der Waals surface area contributed by atoms with E-state index in [1.54, 1.807) is 55.6 Å². The van der Waals surface area contributed by atoms with Crippen LogP contribution in [0.25, 0.3) is 0 Å². The van der Waals surface area contributed by atoms with Crippen molar-refractivity contribution < 1.29 is 17.9 Å². The van der Waals surface area contributed by atoms with Gasteiger partial charge in [-0.1, -0.05) is 30.3 Å². The number of methoxy groups -OCH3 is 1. The minimum Gasteiger partial charge on any atom is -0.497 e. The third kappa shape index (κ3) is 4.33. The molecular formula is C17H20N2O4S. The summed E-state index contributed by atoms with van der Waals surface area (Å²) in [5.74, 6) is 0.236. The average Bonchev–Trinajstić information content (AvgIpc) is 2.56. The lowest BCUT2D eigenvalue weighted by Crippen LogP contribution is -2.38. The zero-order valence-electron chi connectivity index (χ0n) is 13.8. The first-order valence-corrected chi connectivity index (χ1v) is 9.10. The van der Waals surface area contributed by atoms with E-state index in [9.17, 15) is 13.2 Å². The van der Waals surface area contributed by atoms with Crippen LogP contribution in [-0.4, -0.2) is 39.0 Å². The van der Waals surface area contributed by atoms with Crippen LogP contribution in [-0.2, 0) is 14.8 Å². The molecule has 0 aliphatic heterocycles. The number of carbonyl (C=O) groups excluding carboxylic acids is 1. The van der Waals surface area contributed by atoms with Crippen molar-refractivity contribution >= 4 is 21.6 Å². The summed E-state index contributed by atoms with van der Waals surface area (Å²) in [6.07, 6.45) is 1.07. The molecule has 2 aromatic carbocycles. The molecule has 0 aromatic heterocycles. The highest BCUT2D eigenvalue weighted by Gasteiger charge is 2.30. The summed E-state index contributed by atoms with van der Waals surface area (Å²) in [6.45, 7) is 0. The fraction of sp³-hybridized carbons (Fsp3) is 0.235. The zero-order chi connectivity index (χ0) is 17.7. The molecule has 7 heteroatoms. The summed E-state index contributed by atoms with van der Waals surface area (Å²) in [5, 5.41) is 2.74. The van der Waals surface area contributed by atoms with E-state index in [1.807, 2.05) is 6.07 Å². The Morgan fingerprint density at radius 3 is 2.17 bits per heavy atom. The van der Waals surface area contributed by atoms with E-state index in [0.29, 0.717) is 17.0 Å². The number of ether oxygens (including phenoxy) is 1. The van der Waals surface area contributed by atoms with E-state index in [4.69, 9.17) is 4.74 Å². The van der Waals surface area contributed by atoms with Gasteiger partial charge in [0.05, 0.1) is 13.4 Å². The largest absolute Gasteiger partial charge is 0.497 e. The summed E-state index contributed by atoms with van der Waals surface area (Å²) in [4.78, 5) is 12.7. The fourth-order valence-corrected chi connectivity index (χ4v) is 2.84. The van der Waals surface area contributed by atoms with Gasteiger partial charge in [-0.3, -0.25) is 4.79 Å². The monoisotopic (exact) mass is 348 g/mol. The third-order valence-corrected chi connectivity index (χ3v) is 4.87. The molecule has 6 nitrogen and oxygen atoms in total. The number of amides is 1.